The van der Waals surface area contributed by atoms with Crippen molar-refractivity contribution < 1.29 is 9.53 Å². The molecule has 0 fully saturated rings. The van der Waals surface area contributed by atoms with Gasteiger partial charge in [-0.05, 0) is 52.7 Å². The summed E-state index contributed by atoms with van der Waals surface area (Å²) in [6, 6.07) is 26.7. The van der Waals surface area contributed by atoms with Crippen LogP contribution in [0.15, 0.2) is 89.6 Å². The van der Waals surface area contributed by atoms with Gasteiger partial charge in [0.2, 0.25) is 0 Å². The lowest BCUT2D eigenvalue weighted by molar-refractivity contribution is 0.143. The Labute approximate surface area is 217 Å². The number of aliphatic imine (C=N–C) groups is 1. The second kappa shape index (κ2) is 13.4. The molecular weight excluding hydrogens is 444 g/mol. The Hall–Kier alpha value is -3.66. The van der Waals surface area contributed by atoms with Crippen molar-refractivity contribution in [3.63, 3.8) is 0 Å². The lowest BCUT2D eigenvalue weighted by Gasteiger charge is -2.19. The number of alkyl carbamates (subject to hydrolysis) is 1. The van der Waals surface area contributed by atoms with Gasteiger partial charge in [0.05, 0.1) is 11.4 Å². The summed E-state index contributed by atoms with van der Waals surface area (Å²) in [5.41, 5.74) is 8.03. The van der Waals surface area contributed by atoms with Crippen LogP contribution in [-0.2, 0) is 16.8 Å². The van der Waals surface area contributed by atoms with Crippen molar-refractivity contribution in [1.82, 2.24) is 5.32 Å². The van der Waals surface area contributed by atoms with E-state index < -0.39 is 6.09 Å². The maximum absolute atomic E-state index is 12.5. The van der Waals surface area contributed by atoms with Gasteiger partial charge in [-0.25, -0.2) is 4.79 Å². The summed E-state index contributed by atoms with van der Waals surface area (Å²) in [6.07, 6.45) is -0.503. The number of ether oxygens (including phenoxy) is 1. The maximum atomic E-state index is 12.5. The average Bonchev–Trinajstić information content (AvgIpc) is 2.91. The molecule has 3 aromatic carbocycles. The quantitative estimate of drug-likeness (QED) is 0.357. The minimum atomic E-state index is -0.503. The first-order valence-electron chi connectivity index (χ1n) is 12.5. The molecule has 0 aliphatic rings. The first kappa shape index (κ1) is 28.6. The minimum Gasteiger partial charge on any atom is -0.444 e. The Morgan fingerprint density at radius 2 is 1.36 bits per heavy atom. The molecule has 0 aromatic heterocycles. The molecule has 0 aliphatic heterocycles. The number of rotatable bonds is 6. The van der Waals surface area contributed by atoms with Crippen LogP contribution < -0.4 is 5.32 Å². The predicted octanol–water partition coefficient (Wildman–Crippen LogP) is 8.43. The molecule has 0 aliphatic carbocycles. The van der Waals surface area contributed by atoms with Crippen LogP contribution in [0.2, 0.25) is 0 Å². The average molecular weight is 485 g/mol. The van der Waals surface area contributed by atoms with Gasteiger partial charge >= 0.3 is 6.09 Å². The largest absolute Gasteiger partial charge is 0.444 e. The number of benzene rings is 3. The molecule has 3 aromatic rings. The van der Waals surface area contributed by atoms with Crippen LogP contribution in [0.1, 0.15) is 65.2 Å². The van der Waals surface area contributed by atoms with Crippen LogP contribution >= 0.6 is 0 Å². The SMILES string of the molecule is CC.CN=C(C)/C(NC(=O)OCc1ccccc1)=C(\C)c1ccc(-c2ccc(C(C)(C)C)cc2)cc1. The highest BCUT2D eigenvalue weighted by Gasteiger charge is 2.15. The van der Waals surface area contributed by atoms with E-state index in [4.69, 9.17) is 4.74 Å². The summed E-state index contributed by atoms with van der Waals surface area (Å²) in [5.74, 6) is 0. The van der Waals surface area contributed by atoms with Gasteiger partial charge in [-0.15, -0.1) is 0 Å². The van der Waals surface area contributed by atoms with Gasteiger partial charge in [0.15, 0.2) is 0 Å². The van der Waals surface area contributed by atoms with Crippen molar-refractivity contribution in [2.24, 2.45) is 4.99 Å². The van der Waals surface area contributed by atoms with Crippen LogP contribution in [0.3, 0.4) is 0 Å². The first-order valence-corrected chi connectivity index (χ1v) is 12.5. The molecule has 0 saturated heterocycles. The minimum absolute atomic E-state index is 0.134. The Balaban J connectivity index is 0.00000222. The van der Waals surface area contributed by atoms with Gasteiger partial charge in [0, 0.05) is 7.05 Å². The number of nitrogens with one attached hydrogen (secondary N) is 1. The van der Waals surface area contributed by atoms with Gasteiger partial charge in [0.1, 0.15) is 6.61 Å². The first-order chi connectivity index (χ1) is 17.2. The van der Waals surface area contributed by atoms with Crippen LogP contribution in [-0.4, -0.2) is 18.9 Å². The van der Waals surface area contributed by atoms with Gasteiger partial charge < -0.3 is 4.74 Å². The molecule has 4 heteroatoms. The summed E-state index contributed by atoms with van der Waals surface area (Å²) in [7, 11) is 1.71. The van der Waals surface area contributed by atoms with E-state index in [1.165, 1.54) is 11.1 Å². The number of hydrogen-bond donors (Lipinski definition) is 1. The molecule has 3 rings (SSSR count). The lowest BCUT2D eigenvalue weighted by atomic mass is 9.86. The van der Waals surface area contributed by atoms with E-state index in [1.54, 1.807) is 7.05 Å². The summed E-state index contributed by atoms with van der Waals surface area (Å²) >= 11 is 0. The molecule has 0 atom stereocenters. The number of carbonyl (C=O) groups excluding carboxylic acids is 1. The van der Waals surface area contributed by atoms with Crippen molar-refractivity contribution in [2.75, 3.05) is 7.05 Å². The summed E-state index contributed by atoms with van der Waals surface area (Å²) in [5, 5.41) is 2.89. The van der Waals surface area contributed by atoms with Crippen molar-refractivity contribution in [3.8, 4) is 11.1 Å². The zero-order valence-electron chi connectivity index (χ0n) is 23.0. The van der Waals surface area contributed by atoms with Gasteiger partial charge in [0.25, 0.3) is 0 Å². The standard InChI is InChI=1S/C30H34N2O2.C2H6/c1-21(28(22(2)31-6)32-29(33)34-20-23-10-8-7-9-11-23)24-12-14-25(15-13-24)26-16-18-27(19-17-26)30(3,4)5;1-2/h7-19H,20H2,1-6H3,(H,32,33);1-2H3/b28-21-,31-22?;. The number of hydrogen-bond acceptors (Lipinski definition) is 3. The third-order valence-electron chi connectivity index (χ3n) is 5.91. The monoisotopic (exact) mass is 484 g/mol. The highest BCUT2D eigenvalue weighted by Crippen LogP contribution is 2.27. The number of carbonyl (C=O) groups is 1. The normalized spacial score (nSPS) is 12.2. The zero-order chi connectivity index (χ0) is 26.7. The van der Waals surface area contributed by atoms with Crippen molar-refractivity contribution in [2.45, 2.75) is 60.5 Å². The second-order valence-corrected chi connectivity index (χ2v) is 9.40. The fourth-order valence-electron chi connectivity index (χ4n) is 3.65. The summed E-state index contributed by atoms with van der Waals surface area (Å²) < 4.78 is 5.41. The van der Waals surface area contributed by atoms with E-state index >= 15 is 0 Å². The van der Waals surface area contributed by atoms with E-state index in [9.17, 15) is 4.79 Å². The molecule has 36 heavy (non-hydrogen) atoms. The molecule has 1 N–H and O–H groups in total. The van der Waals surface area contributed by atoms with E-state index in [0.29, 0.717) is 5.70 Å². The number of nitrogens with zero attached hydrogens (tertiary/aromatic N) is 1. The van der Waals surface area contributed by atoms with Crippen LogP contribution in [0.25, 0.3) is 16.7 Å². The molecule has 0 saturated carbocycles. The Morgan fingerprint density at radius 3 is 1.86 bits per heavy atom. The van der Waals surface area contributed by atoms with Gasteiger partial charge in [-0.1, -0.05) is 113 Å². The molecular formula is C32H40N2O2. The Kier molecular flexibility index (Phi) is 10.7. The van der Waals surface area contributed by atoms with E-state index in [0.717, 1.165) is 28.0 Å². The Morgan fingerprint density at radius 1 is 0.833 bits per heavy atom. The molecule has 0 unspecified atom stereocenters. The van der Waals surface area contributed by atoms with Gasteiger partial charge in [-0.2, -0.15) is 0 Å². The second-order valence-electron chi connectivity index (χ2n) is 9.40. The maximum Gasteiger partial charge on any atom is 0.412 e. The number of amides is 1. The van der Waals surface area contributed by atoms with Crippen LogP contribution in [0.4, 0.5) is 4.79 Å². The lowest BCUT2D eigenvalue weighted by Crippen LogP contribution is -2.28. The van der Waals surface area contributed by atoms with Crippen molar-refractivity contribution in [1.29, 1.82) is 0 Å². The molecule has 4 nitrogen and oxygen atoms in total. The highest BCUT2D eigenvalue weighted by molar-refractivity contribution is 6.06. The molecule has 0 bridgehead atoms. The third-order valence-corrected chi connectivity index (χ3v) is 5.91. The zero-order valence-corrected chi connectivity index (χ0v) is 23.0. The Bertz CT molecular complexity index is 1170. The molecule has 0 heterocycles. The topological polar surface area (TPSA) is 50.7 Å². The number of allylic oxidation sites excluding steroid dienone is 2. The van der Waals surface area contributed by atoms with Crippen LogP contribution in [0, 0.1) is 0 Å². The molecule has 0 radical (unpaired) electrons. The van der Waals surface area contributed by atoms with Crippen molar-refractivity contribution in [3.05, 3.63) is 101 Å². The molecule has 190 valence electrons. The van der Waals surface area contributed by atoms with E-state index in [2.05, 4.69) is 79.6 Å². The predicted molar refractivity (Wildman–Crippen MR) is 153 cm³/mol. The van der Waals surface area contributed by atoms with Crippen molar-refractivity contribution >= 4 is 17.4 Å². The smallest absolute Gasteiger partial charge is 0.412 e. The van der Waals surface area contributed by atoms with Crippen LogP contribution in [0.5, 0.6) is 0 Å². The molecule has 0 spiro atoms. The van der Waals surface area contributed by atoms with Gasteiger partial charge in [-0.3, -0.25) is 10.3 Å². The highest BCUT2D eigenvalue weighted by atomic mass is 16.5. The van der Waals surface area contributed by atoms with E-state index in [-0.39, 0.29) is 12.0 Å². The fourth-order valence-corrected chi connectivity index (χ4v) is 3.65. The summed E-state index contributed by atoms with van der Waals surface area (Å²) in [4.78, 5) is 16.8. The fraction of sp³-hybridized carbons (Fsp3) is 0.312. The molecule has 1 amide bonds. The third kappa shape index (κ3) is 7.94. The summed E-state index contributed by atoms with van der Waals surface area (Å²) in [6.45, 7) is 14.7. The van der Waals surface area contributed by atoms with E-state index in [1.807, 2.05) is 58.0 Å².